The second-order valence-electron chi connectivity index (χ2n) is 18.5. The van der Waals surface area contributed by atoms with Crippen LogP contribution in [0, 0.1) is 0 Å². The summed E-state index contributed by atoms with van der Waals surface area (Å²) in [6, 6.07) is 50.5. The molecule has 10 aromatic rings. The summed E-state index contributed by atoms with van der Waals surface area (Å²) in [6.07, 6.45) is 11.8. The maximum absolute atomic E-state index is 14.7. The molecule has 0 N–H and O–H groups in total. The zero-order valence-electron chi connectivity index (χ0n) is 39.8. The molecule has 70 heavy (non-hydrogen) atoms. The van der Waals surface area contributed by atoms with E-state index in [4.69, 9.17) is 0 Å². The Morgan fingerprint density at radius 2 is 0.643 bits per heavy atom. The van der Waals surface area contributed by atoms with Gasteiger partial charge in [-0.1, -0.05) is 175 Å². The lowest BCUT2D eigenvalue weighted by Crippen LogP contribution is -2.07. The van der Waals surface area contributed by atoms with Crippen molar-refractivity contribution < 1.29 is 16.8 Å². The Bertz CT molecular complexity index is 3350. The van der Waals surface area contributed by atoms with E-state index in [0.717, 1.165) is 157 Å². The predicted octanol–water partition coefficient (Wildman–Crippen LogP) is 19.1. The molecule has 0 spiro atoms. The van der Waals surface area contributed by atoms with Crippen LogP contribution in [0.25, 0.3) is 93.2 Å². The Kier molecular flexibility index (Phi) is 14.9. The van der Waals surface area contributed by atoms with Gasteiger partial charge in [0.1, 0.15) is 0 Å². The zero-order chi connectivity index (χ0) is 48.2. The number of hydrogen-bond acceptors (Lipinski definition) is 8. The Morgan fingerprint density at radius 1 is 0.329 bits per heavy atom. The van der Waals surface area contributed by atoms with E-state index in [0.29, 0.717) is 22.6 Å². The molecule has 10 rings (SSSR count). The van der Waals surface area contributed by atoms with Gasteiger partial charge in [0.25, 0.3) is 0 Å². The van der Waals surface area contributed by atoms with Crippen molar-refractivity contribution in [3.05, 3.63) is 146 Å². The molecule has 0 unspecified atom stereocenters. The molecule has 0 aliphatic heterocycles. The summed E-state index contributed by atoms with van der Waals surface area (Å²) < 4.78 is 58.8. The molecule has 0 atom stereocenters. The summed E-state index contributed by atoms with van der Waals surface area (Å²) in [6.45, 7) is 4.38. The van der Waals surface area contributed by atoms with Crippen molar-refractivity contribution in [2.45, 2.75) is 101 Å². The highest BCUT2D eigenvalue weighted by molar-refractivity contribution is 7.92. The second kappa shape index (κ2) is 21.4. The predicted molar refractivity (Wildman–Crippen MR) is 306 cm³/mol. The van der Waals surface area contributed by atoms with Crippen LogP contribution in [-0.2, 0) is 19.7 Å². The minimum atomic E-state index is -3.71. The first kappa shape index (κ1) is 48.7. The van der Waals surface area contributed by atoms with Crippen molar-refractivity contribution in [1.82, 2.24) is 0 Å². The van der Waals surface area contributed by atoms with Gasteiger partial charge in [-0.25, -0.2) is 16.8 Å². The minimum Gasteiger partial charge on any atom is -0.224 e. The fourth-order valence-corrected chi connectivity index (χ4v) is 18.8. The van der Waals surface area contributed by atoms with Crippen molar-refractivity contribution in [1.29, 1.82) is 0 Å². The lowest BCUT2D eigenvalue weighted by molar-refractivity contribution is 0.583. The van der Waals surface area contributed by atoms with E-state index in [1.165, 1.54) is 22.7 Å². The van der Waals surface area contributed by atoms with Crippen LogP contribution in [0.3, 0.4) is 0 Å². The fraction of sp³-hybridized carbons (Fsp3) is 0.267. The van der Waals surface area contributed by atoms with Gasteiger partial charge in [0.2, 0.25) is 0 Å². The molecule has 0 aliphatic carbocycles. The van der Waals surface area contributed by atoms with Gasteiger partial charge in [0, 0.05) is 40.4 Å². The first-order valence-electron chi connectivity index (χ1n) is 24.9. The molecule has 4 nitrogen and oxygen atoms in total. The number of unbranched alkanes of at least 4 members (excludes halogenated alkanes) is 10. The number of sulfone groups is 2. The van der Waals surface area contributed by atoms with E-state index < -0.39 is 19.7 Å². The summed E-state index contributed by atoms with van der Waals surface area (Å²) in [5.74, 6) is 0.145. The largest absolute Gasteiger partial charge is 0.224 e. The molecule has 6 aromatic carbocycles. The molecule has 0 aliphatic rings. The molecule has 0 amide bonds. The van der Waals surface area contributed by atoms with Crippen molar-refractivity contribution >= 4 is 108 Å². The van der Waals surface area contributed by atoms with Crippen LogP contribution in [0.1, 0.15) is 90.9 Å². The zero-order valence-corrected chi connectivity index (χ0v) is 44.7. The number of rotatable bonds is 21. The Hall–Kier alpha value is -4.94. The third-order valence-corrected chi connectivity index (χ3v) is 22.5. The quantitative estimate of drug-likeness (QED) is 0.0531. The van der Waals surface area contributed by atoms with Crippen LogP contribution in [0.2, 0.25) is 0 Å². The van der Waals surface area contributed by atoms with E-state index >= 15 is 0 Å². The van der Waals surface area contributed by atoms with Gasteiger partial charge in [-0.3, -0.25) is 0 Å². The lowest BCUT2D eigenvalue weighted by atomic mass is 9.96. The van der Waals surface area contributed by atoms with Gasteiger partial charge in [-0.2, -0.15) is 0 Å². The smallest absolute Gasteiger partial charge is 0.179 e. The average Bonchev–Trinajstić information content (AvgIpc) is 4.22. The van der Waals surface area contributed by atoms with Crippen LogP contribution >= 0.6 is 45.3 Å². The lowest BCUT2D eigenvalue weighted by Gasteiger charge is -2.10. The molecule has 0 fully saturated rings. The molecule has 0 bridgehead atoms. The number of hydrogen-bond donors (Lipinski definition) is 0. The summed E-state index contributed by atoms with van der Waals surface area (Å²) in [7, 11) is -7.41. The average molecular weight is 1040 g/mol. The Labute approximate surface area is 429 Å². The van der Waals surface area contributed by atoms with Gasteiger partial charge in [-0.05, 0) is 104 Å². The van der Waals surface area contributed by atoms with Crippen molar-refractivity contribution in [3.8, 4) is 50.1 Å². The topological polar surface area (TPSA) is 68.3 Å². The van der Waals surface area contributed by atoms with E-state index in [-0.39, 0.29) is 11.5 Å². The summed E-state index contributed by atoms with van der Waals surface area (Å²) in [4.78, 5) is 7.58. The Morgan fingerprint density at radius 3 is 1.00 bits per heavy atom. The van der Waals surface area contributed by atoms with Gasteiger partial charge >= 0.3 is 0 Å². The standard InChI is InChI=1S/C60H58O4S6/c1-3-5-7-9-11-21-35-69(61,62)55-39-53(67-59(55)51-33-31-49(65-51)57-45-27-17-13-23-41(45)37-42-24-14-18-28-46(42)57)54-40-56(70(63,64)36-22-12-10-8-6-4-2)60(68-54)52-34-32-50(66-52)58-47-29-19-15-25-43(47)38-44-26-16-20-30-48(44)58/h13-20,23-34,37-40H,3-12,21-22,35-36H2,1-2H3. The first-order valence-corrected chi connectivity index (χ1v) is 31.5. The molecule has 10 heteroatoms. The van der Waals surface area contributed by atoms with Crippen LogP contribution in [0.15, 0.2) is 155 Å². The number of thiophene rings is 4. The van der Waals surface area contributed by atoms with Gasteiger partial charge in [-0.15, -0.1) is 45.3 Å². The first-order chi connectivity index (χ1) is 34.1. The second-order valence-corrected chi connectivity index (χ2v) is 26.9. The molecule has 0 radical (unpaired) electrons. The van der Waals surface area contributed by atoms with Crippen molar-refractivity contribution in [2.75, 3.05) is 11.5 Å². The molecule has 358 valence electrons. The number of benzene rings is 6. The summed E-state index contributed by atoms with van der Waals surface area (Å²) in [5, 5.41) is 9.26. The maximum Gasteiger partial charge on any atom is 0.179 e. The van der Waals surface area contributed by atoms with E-state index in [1.807, 2.05) is 12.1 Å². The molecule has 4 heterocycles. The highest BCUT2D eigenvalue weighted by Crippen LogP contribution is 2.52. The third kappa shape index (κ3) is 10.1. The number of fused-ring (bicyclic) bond motifs is 4. The van der Waals surface area contributed by atoms with Crippen LogP contribution in [0.5, 0.6) is 0 Å². The molecule has 4 aromatic heterocycles. The van der Waals surface area contributed by atoms with Crippen molar-refractivity contribution in [2.24, 2.45) is 0 Å². The third-order valence-electron chi connectivity index (χ3n) is 13.5. The molecular weight excluding hydrogens is 977 g/mol. The van der Waals surface area contributed by atoms with Gasteiger partial charge in [0.05, 0.1) is 31.1 Å². The highest BCUT2D eigenvalue weighted by atomic mass is 32.2. The SMILES string of the molecule is CCCCCCCCS(=O)(=O)c1cc(-c2cc(S(=O)(=O)CCCCCCCC)c(-c3ccc(-c4c5ccccc5cc5ccccc45)s3)s2)sc1-c1ccc(-c2c3ccccc3cc3ccccc23)s1. The maximum atomic E-state index is 14.7. The van der Waals surface area contributed by atoms with Crippen molar-refractivity contribution in [3.63, 3.8) is 0 Å². The Balaban J connectivity index is 1.09. The van der Waals surface area contributed by atoms with E-state index in [1.54, 1.807) is 22.7 Å². The van der Waals surface area contributed by atoms with Crippen LogP contribution < -0.4 is 0 Å². The normalized spacial score (nSPS) is 12.3. The highest BCUT2D eigenvalue weighted by Gasteiger charge is 2.29. The molecule has 0 saturated heterocycles. The molecule has 0 saturated carbocycles. The molecular formula is C60H58O4S6. The van der Waals surface area contributed by atoms with Crippen LogP contribution in [0.4, 0.5) is 0 Å². The van der Waals surface area contributed by atoms with Gasteiger partial charge < -0.3 is 0 Å². The fourth-order valence-electron chi connectivity index (χ4n) is 9.91. The van der Waals surface area contributed by atoms with E-state index in [9.17, 15) is 16.8 Å². The van der Waals surface area contributed by atoms with Crippen LogP contribution in [-0.4, -0.2) is 28.3 Å². The monoisotopic (exact) mass is 1030 g/mol. The van der Waals surface area contributed by atoms with E-state index in [2.05, 4.69) is 147 Å². The minimum absolute atomic E-state index is 0.0723. The summed E-state index contributed by atoms with van der Waals surface area (Å²) >= 11 is 6.20. The van der Waals surface area contributed by atoms with Gasteiger partial charge in [0.15, 0.2) is 19.7 Å². The summed E-state index contributed by atoms with van der Waals surface area (Å²) in [5.41, 5.74) is 2.29.